The molecule has 2 nitrogen and oxygen atoms in total. The average molecular weight is 276 g/mol. The highest BCUT2D eigenvalue weighted by Crippen LogP contribution is 2.70. The first-order valence-corrected chi connectivity index (χ1v) is 8.54. The monoisotopic (exact) mass is 276 g/mol. The van der Waals surface area contributed by atoms with Gasteiger partial charge in [-0.15, -0.1) is 0 Å². The molecule has 4 saturated carbocycles. The highest BCUT2D eigenvalue weighted by molar-refractivity contribution is 5.88. The second-order valence-corrected chi connectivity index (χ2v) is 9.19. The van der Waals surface area contributed by atoms with Crippen molar-refractivity contribution in [2.45, 2.75) is 65.2 Å². The number of hydrogen-bond donors (Lipinski definition) is 0. The van der Waals surface area contributed by atoms with Crippen LogP contribution in [-0.4, -0.2) is 19.0 Å². The summed E-state index contributed by atoms with van der Waals surface area (Å²) in [4.78, 5) is 13.3. The Bertz CT molecular complexity index is 417. The molecule has 4 bridgehead atoms. The van der Waals surface area contributed by atoms with Crippen molar-refractivity contribution in [1.29, 1.82) is 0 Å². The van der Waals surface area contributed by atoms with Crippen molar-refractivity contribution in [2.24, 2.45) is 28.1 Å². The molecule has 112 valence electrons. The second kappa shape index (κ2) is 4.09. The molecule has 1 heterocycles. The van der Waals surface area contributed by atoms with Gasteiger partial charge >= 0.3 is 0 Å². The molecule has 1 saturated heterocycles. The number of rotatable bonds is 2. The van der Waals surface area contributed by atoms with Gasteiger partial charge in [-0.25, -0.2) is 0 Å². The van der Waals surface area contributed by atoms with E-state index < -0.39 is 0 Å². The first-order chi connectivity index (χ1) is 9.42. The van der Waals surface area contributed by atoms with Gasteiger partial charge in [-0.2, -0.15) is 0 Å². The molecule has 3 unspecified atom stereocenters. The van der Waals surface area contributed by atoms with E-state index in [1.54, 1.807) is 0 Å². The molecule has 1 aliphatic heterocycles. The van der Waals surface area contributed by atoms with Gasteiger partial charge in [-0.1, -0.05) is 13.8 Å². The molecule has 0 N–H and O–H groups in total. The van der Waals surface area contributed by atoms with E-state index >= 15 is 0 Å². The van der Waals surface area contributed by atoms with Crippen LogP contribution in [0, 0.1) is 28.1 Å². The smallest absolute Gasteiger partial charge is 0.144 e. The number of Topliss-reactive ketones (excluding diaryl/α,β-unsaturated/α-hetero) is 1. The molecular formula is C18H28O2. The molecule has 0 aromatic carbocycles. The van der Waals surface area contributed by atoms with Crippen molar-refractivity contribution < 1.29 is 9.53 Å². The SMILES string of the molecule is CC12CC3CC(C)(C1)CC(C(=O)C1CCCOC1)(C3)C2. The first-order valence-electron chi connectivity index (χ1n) is 8.54. The molecule has 20 heavy (non-hydrogen) atoms. The maximum atomic E-state index is 13.3. The molecule has 4 aliphatic carbocycles. The lowest BCUT2D eigenvalue weighted by Crippen LogP contribution is -2.59. The van der Waals surface area contributed by atoms with Crippen molar-refractivity contribution in [3.8, 4) is 0 Å². The van der Waals surface area contributed by atoms with Gasteiger partial charge in [-0.3, -0.25) is 4.79 Å². The van der Waals surface area contributed by atoms with E-state index in [4.69, 9.17) is 4.74 Å². The fraction of sp³-hybridized carbons (Fsp3) is 0.944. The van der Waals surface area contributed by atoms with Gasteiger partial charge in [0.1, 0.15) is 5.78 Å². The molecule has 0 spiro atoms. The minimum atomic E-state index is 0.0221. The summed E-state index contributed by atoms with van der Waals surface area (Å²) in [6.45, 7) is 6.46. The third kappa shape index (κ3) is 1.90. The Hall–Kier alpha value is -0.370. The van der Waals surface area contributed by atoms with Crippen LogP contribution in [0.5, 0.6) is 0 Å². The fourth-order valence-electron chi connectivity index (χ4n) is 7.10. The third-order valence-corrected chi connectivity index (χ3v) is 6.68. The summed E-state index contributed by atoms with van der Waals surface area (Å²) >= 11 is 0. The summed E-state index contributed by atoms with van der Waals surface area (Å²) in [5.41, 5.74) is 0.910. The molecule has 3 atom stereocenters. The molecule has 5 fully saturated rings. The Morgan fingerprint density at radius 1 is 1.05 bits per heavy atom. The van der Waals surface area contributed by atoms with Crippen molar-refractivity contribution >= 4 is 5.78 Å². The van der Waals surface area contributed by atoms with Gasteiger partial charge in [0, 0.05) is 17.9 Å². The van der Waals surface area contributed by atoms with Crippen LogP contribution in [0.3, 0.4) is 0 Å². The molecule has 5 aliphatic rings. The van der Waals surface area contributed by atoms with E-state index in [1.165, 1.54) is 38.5 Å². The Morgan fingerprint density at radius 3 is 2.30 bits per heavy atom. The molecule has 0 amide bonds. The summed E-state index contributed by atoms with van der Waals surface area (Å²) in [5, 5.41) is 0. The highest BCUT2D eigenvalue weighted by Gasteiger charge is 2.63. The van der Waals surface area contributed by atoms with Crippen LogP contribution in [0.2, 0.25) is 0 Å². The van der Waals surface area contributed by atoms with Gasteiger partial charge < -0.3 is 4.74 Å². The van der Waals surface area contributed by atoms with E-state index in [1.807, 2.05) is 0 Å². The highest BCUT2D eigenvalue weighted by atomic mass is 16.5. The molecule has 0 aromatic rings. The Balaban J connectivity index is 1.64. The van der Waals surface area contributed by atoms with Crippen LogP contribution in [0.4, 0.5) is 0 Å². The van der Waals surface area contributed by atoms with Crippen molar-refractivity contribution in [1.82, 2.24) is 0 Å². The fourth-order valence-corrected chi connectivity index (χ4v) is 7.10. The Morgan fingerprint density at radius 2 is 1.75 bits per heavy atom. The van der Waals surface area contributed by atoms with Gasteiger partial charge in [0.2, 0.25) is 0 Å². The second-order valence-electron chi connectivity index (χ2n) is 9.19. The Labute approximate surface area is 122 Å². The first kappa shape index (κ1) is 13.3. The third-order valence-electron chi connectivity index (χ3n) is 6.68. The maximum absolute atomic E-state index is 13.3. The lowest BCUT2D eigenvalue weighted by molar-refractivity contribution is -0.174. The predicted octanol–water partition coefficient (Wildman–Crippen LogP) is 3.98. The van der Waals surface area contributed by atoms with Crippen LogP contribution >= 0.6 is 0 Å². The van der Waals surface area contributed by atoms with E-state index in [0.29, 0.717) is 23.2 Å². The van der Waals surface area contributed by atoms with Gasteiger partial charge in [-0.05, 0) is 68.1 Å². The number of ether oxygens (including phenoxy) is 1. The van der Waals surface area contributed by atoms with Crippen molar-refractivity contribution in [2.75, 3.05) is 13.2 Å². The molecular weight excluding hydrogens is 248 g/mol. The van der Waals surface area contributed by atoms with E-state index in [9.17, 15) is 4.79 Å². The molecule has 2 heteroatoms. The number of carbonyl (C=O) groups excluding carboxylic acids is 1. The van der Waals surface area contributed by atoms with Crippen LogP contribution in [0.25, 0.3) is 0 Å². The summed E-state index contributed by atoms with van der Waals surface area (Å²) in [5.74, 6) is 1.60. The summed E-state index contributed by atoms with van der Waals surface area (Å²) in [7, 11) is 0. The number of ketones is 1. The lowest BCUT2D eigenvalue weighted by atomic mass is 9.39. The van der Waals surface area contributed by atoms with Crippen LogP contribution < -0.4 is 0 Å². The van der Waals surface area contributed by atoms with Crippen LogP contribution in [-0.2, 0) is 9.53 Å². The molecule has 0 aromatic heterocycles. The normalized spacial score (nSPS) is 54.1. The van der Waals surface area contributed by atoms with E-state index in [0.717, 1.165) is 25.4 Å². The zero-order chi connectivity index (χ0) is 14.0. The van der Waals surface area contributed by atoms with Crippen molar-refractivity contribution in [3.63, 3.8) is 0 Å². The van der Waals surface area contributed by atoms with E-state index in [-0.39, 0.29) is 11.3 Å². The topological polar surface area (TPSA) is 26.3 Å². The summed E-state index contributed by atoms with van der Waals surface area (Å²) in [6, 6.07) is 0. The minimum absolute atomic E-state index is 0.0221. The van der Waals surface area contributed by atoms with Gasteiger partial charge in [0.05, 0.1) is 6.61 Å². The van der Waals surface area contributed by atoms with Crippen LogP contribution in [0.1, 0.15) is 65.2 Å². The number of hydrogen-bond acceptors (Lipinski definition) is 2. The molecule has 0 radical (unpaired) electrons. The Kier molecular flexibility index (Phi) is 2.72. The number of carbonyl (C=O) groups is 1. The van der Waals surface area contributed by atoms with Crippen molar-refractivity contribution in [3.05, 3.63) is 0 Å². The standard InChI is InChI=1S/C18H28O2/c1-16-6-13-7-17(2,10-16)12-18(8-13,11-16)15(19)14-4-3-5-20-9-14/h13-14H,3-12H2,1-2H3. The quantitative estimate of drug-likeness (QED) is 0.762. The molecule has 5 rings (SSSR count). The lowest BCUT2D eigenvalue weighted by Gasteiger charge is -2.65. The summed E-state index contributed by atoms with van der Waals surface area (Å²) < 4.78 is 5.60. The van der Waals surface area contributed by atoms with Gasteiger partial charge in [0.15, 0.2) is 0 Å². The van der Waals surface area contributed by atoms with Gasteiger partial charge in [0.25, 0.3) is 0 Å². The predicted molar refractivity (Wildman–Crippen MR) is 78.4 cm³/mol. The van der Waals surface area contributed by atoms with Crippen LogP contribution in [0.15, 0.2) is 0 Å². The van der Waals surface area contributed by atoms with E-state index in [2.05, 4.69) is 13.8 Å². The summed E-state index contributed by atoms with van der Waals surface area (Å²) in [6.07, 6.45) is 9.77. The zero-order valence-corrected chi connectivity index (χ0v) is 13.0. The average Bonchev–Trinajstić information content (AvgIpc) is 2.34. The largest absolute Gasteiger partial charge is 0.381 e. The maximum Gasteiger partial charge on any atom is 0.144 e. The minimum Gasteiger partial charge on any atom is -0.381 e. The zero-order valence-electron chi connectivity index (χ0n) is 13.0.